The number of nitrogens with zero attached hydrogens (tertiary/aromatic N) is 4. The molecule has 0 unspecified atom stereocenters. The number of aromatic nitrogens is 4. The third-order valence-corrected chi connectivity index (χ3v) is 22.5. The van der Waals surface area contributed by atoms with Gasteiger partial charge in [0.2, 0.25) is 0 Å². The summed E-state index contributed by atoms with van der Waals surface area (Å²) in [6.45, 7) is 2.00. The van der Waals surface area contributed by atoms with Crippen LogP contribution in [0, 0.1) is 6.92 Å². The summed E-state index contributed by atoms with van der Waals surface area (Å²) in [5, 5.41) is 19.7. The summed E-state index contributed by atoms with van der Waals surface area (Å²) in [6, 6.07) is 83.8. The molecule has 1 radical (unpaired) electrons. The molecule has 7 aromatic heterocycles. The Kier molecular flexibility index (Phi) is 14.1. The van der Waals surface area contributed by atoms with E-state index in [1.54, 1.807) is 46.7 Å². The summed E-state index contributed by atoms with van der Waals surface area (Å²) in [7, 11) is 0.707. The molecule has 0 saturated heterocycles. The van der Waals surface area contributed by atoms with Crippen molar-refractivity contribution in [3.8, 4) is 61.5 Å². The number of fused-ring (bicyclic) bond motifs is 15. The number of hydrogen-bond donors (Lipinski definition) is 1. The first kappa shape index (κ1) is 54.2. The minimum absolute atomic E-state index is 0.623. The molecular weight excluding hydrogens is 1200 g/mol. The molecule has 18 rings (SSSR count). The number of halogens is 1. The van der Waals surface area contributed by atoms with Crippen LogP contribution in [0.3, 0.4) is 0 Å². The molecule has 7 heterocycles. The second kappa shape index (κ2) is 22.8. The van der Waals surface area contributed by atoms with Crippen LogP contribution in [0.15, 0.2) is 249 Å². The third kappa shape index (κ3) is 9.74. The summed E-state index contributed by atoms with van der Waals surface area (Å²) < 4.78 is 17.6. The average molecular weight is 1240 g/mol. The molecule has 6 nitrogen and oxygen atoms in total. The zero-order valence-electron chi connectivity index (χ0n) is 46.8. The Bertz CT molecular complexity index is 5750. The summed E-state index contributed by atoms with van der Waals surface area (Å²) in [5.74, 6) is 0.623. The summed E-state index contributed by atoms with van der Waals surface area (Å²) in [6.07, 6.45) is 3.33. The van der Waals surface area contributed by atoms with Crippen molar-refractivity contribution in [2.24, 2.45) is 0 Å². The largest absolute Gasteiger partial charge is 0.569 e. The van der Waals surface area contributed by atoms with E-state index < -0.39 is 0 Å². The van der Waals surface area contributed by atoms with E-state index in [4.69, 9.17) is 31.2 Å². The molecule has 0 aliphatic rings. The smallest absolute Gasteiger partial charge is 0.537 e. The van der Waals surface area contributed by atoms with Crippen molar-refractivity contribution in [1.82, 2.24) is 19.9 Å². The van der Waals surface area contributed by atoms with E-state index in [1.807, 2.05) is 66.0 Å². The maximum atomic E-state index is 8.80. The molecule has 13 heteroatoms. The highest BCUT2D eigenvalue weighted by Gasteiger charge is 2.18. The molecule has 18 aromatic rings. The molecule has 1 N–H and O–H groups in total. The van der Waals surface area contributed by atoms with Crippen molar-refractivity contribution >= 4 is 177 Å². The first-order valence-electron chi connectivity index (χ1n) is 28.5. The van der Waals surface area contributed by atoms with Crippen LogP contribution in [0.4, 0.5) is 0 Å². The highest BCUT2D eigenvalue weighted by molar-refractivity contribution is 7.28. The molecule has 11 aromatic carbocycles. The zero-order valence-corrected chi connectivity index (χ0v) is 51.7. The van der Waals surface area contributed by atoms with Crippen LogP contribution in [0.5, 0.6) is 5.75 Å². The molecule has 0 aliphatic carbocycles. The Morgan fingerprint density at radius 1 is 0.341 bits per heavy atom. The molecule has 0 atom stereocenters. The predicted molar refractivity (Wildman–Crippen MR) is 380 cm³/mol. The first-order chi connectivity index (χ1) is 43.4. The fourth-order valence-corrected chi connectivity index (χ4v) is 18.2. The second-order valence-electron chi connectivity index (χ2n) is 21.3. The highest BCUT2D eigenvalue weighted by atomic mass is 35.5. The van der Waals surface area contributed by atoms with Crippen LogP contribution >= 0.6 is 68.3 Å². The lowest BCUT2D eigenvalue weighted by Crippen LogP contribution is -1.99. The van der Waals surface area contributed by atoms with Gasteiger partial charge in [-0.3, -0.25) is 0 Å². The number of hydrogen-bond acceptors (Lipinski definition) is 11. The van der Waals surface area contributed by atoms with Gasteiger partial charge in [0.05, 0.1) is 31.8 Å². The Hall–Kier alpha value is -9.21. The minimum atomic E-state index is 0.623. The minimum Gasteiger partial charge on any atom is -0.537 e. The van der Waals surface area contributed by atoms with Crippen molar-refractivity contribution < 1.29 is 9.68 Å². The monoisotopic (exact) mass is 1240 g/mol. The van der Waals surface area contributed by atoms with E-state index in [0.29, 0.717) is 13.4 Å². The molecule has 0 aliphatic heterocycles. The van der Waals surface area contributed by atoms with Crippen LogP contribution < -0.4 is 4.65 Å². The first-order valence-corrected chi connectivity index (χ1v) is 33.0. The van der Waals surface area contributed by atoms with Gasteiger partial charge >= 0.3 is 7.69 Å². The normalized spacial score (nSPS) is 11.6. The van der Waals surface area contributed by atoms with E-state index in [0.717, 1.165) is 53.4 Å². The number of rotatable bonds is 7. The van der Waals surface area contributed by atoms with E-state index in [9.17, 15) is 0 Å². The van der Waals surface area contributed by atoms with Crippen molar-refractivity contribution in [2.75, 3.05) is 0 Å². The van der Waals surface area contributed by atoms with Crippen LogP contribution in [0.1, 0.15) is 5.69 Å². The fraction of sp³-hybridized carbons (Fsp3) is 0.0133. The Morgan fingerprint density at radius 3 is 1.35 bits per heavy atom. The summed E-state index contributed by atoms with van der Waals surface area (Å²) >= 11 is 15.0. The van der Waals surface area contributed by atoms with E-state index in [-0.39, 0.29) is 0 Å². The van der Waals surface area contributed by atoms with Gasteiger partial charge in [-0.2, -0.15) is 0 Å². The average Bonchev–Trinajstić information content (AvgIpc) is 2.72. The molecule has 0 saturated carbocycles. The van der Waals surface area contributed by atoms with Gasteiger partial charge in [0.25, 0.3) is 0 Å². The fourth-order valence-electron chi connectivity index (χ4n) is 12.0. The predicted octanol–water partition coefficient (Wildman–Crippen LogP) is 22.7. The van der Waals surface area contributed by atoms with Crippen LogP contribution in [0.25, 0.3) is 157 Å². The quantitative estimate of drug-likeness (QED) is 0.160. The van der Waals surface area contributed by atoms with Gasteiger partial charge in [-0.25, -0.2) is 19.9 Å². The van der Waals surface area contributed by atoms with E-state index in [1.165, 1.54) is 114 Å². The second-order valence-corrected chi connectivity index (χ2v) is 27.0. The number of thiophene rings is 5. The van der Waals surface area contributed by atoms with Crippen LogP contribution in [-0.4, -0.2) is 32.6 Å². The third-order valence-electron chi connectivity index (χ3n) is 16.1. The molecule has 0 spiro atoms. The Balaban J connectivity index is 0.000000137. The SMILES string of the molecule is Cc1ncnc2c1sc1ccc(Cl)cc12.O[B]Oc1cccc(-c2cccc3c2sc2ccccc23)c1.c1cc(-c2ccc3sc4c(-c5cccc(-c6cccc7c6sc6ccccc67)c5)ncnc4c3c2)cc(-c2cccc3c2sc2ccccc23)c1. The number of benzene rings is 11. The summed E-state index contributed by atoms with van der Waals surface area (Å²) in [4.78, 5) is 18.2. The molecule has 0 fully saturated rings. The lowest BCUT2D eigenvalue weighted by atomic mass is 9.97. The maximum absolute atomic E-state index is 8.80. The van der Waals surface area contributed by atoms with Gasteiger partial charge in [-0.1, -0.05) is 175 Å². The van der Waals surface area contributed by atoms with Crippen molar-refractivity contribution in [2.45, 2.75) is 6.92 Å². The summed E-state index contributed by atoms with van der Waals surface area (Å²) in [5.41, 5.74) is 14.7. The molecule has 0 bridgehead atoms. The molecular formula is C75H45BClN4O2S5. The maximum Gasteiger partial charge on any atom is 0.569 e. The van der Waals surface area contributed by atoms with E-state index >= 15 is 0 Å². The van der Waals surface area contributed by atoms with Gasteiger partial charge in [0.15, 0.2) is 0 Å². The number of aryl methyl sites for hydroxylation is 1. The zero-order chi connectivity index (χ0) is 58.8. The lowest BCUT2D eigenvalue weighted by molar-refractivity contribution is 0.454. The lowest BCUT2D eigenvalue weighted by Gasteiger charge is -2.08. The van der Waals surface area contributed by atoms with Gasteiger partial charge in [0, 0.05) is 91.3 Å². The Labute approximate surface area is 530 Å². The van der Waals surface area contributed by atoms with Gasteiger partial charge in [0.1, 0.15) is 18.4 Å². The topological polar surface area (TPSA) is 81.0 Å². The Morgan fingerprint density at radius 2 is 0.761 bits per heavy atom. The van der Waals surface area contributed by atoms with E-state index in [2.05, 4.69) is 210 Å². The molecule has 417 valence electrons. The van der Waals surface area contributed by atoms with Crippen LogP contribution in [0.2, 0.25) is 5.02 Å². The van der Waals surface area contributed by atoms with Crippen molar-refractivity contribution in [1.29, 1.82) is 0 Å². The van der Waals surface area contributed by atoms with Crippen molar-refractivity contribution in [3.63, 3.8) is 0 Å². The highest BCUT2D eigenvalue weighted by Crippen LogP contribution is 2.46. The van der Waals surface area contributed by atoms with Gasteiger partial charge < -0.3 is 9.68 Å². The van der Waals surface area contributed by atoms with Crippen molar-refractivity contribution in [3.05, 3.63) is 260 Å². The standard InChI is InChI=1S/C46H26N2S3.C18H12BO2S.C11H7ClN2S/c1-3-19-39-34(13-1)36-17-7-15-32(44(36)49-39)29-10-5-9-27(23-29)28-21-22-41-38(25-28)43-46(51-41)42(47-26-48-43)31-12-6-11-30(24-31)33-16-8-18-37-35-14-2-4-20-40(35)50-45(33)37;20-19-21-13-6-3-5-12(11-13)14-8-4-9-16-15-7-1-2-10-17(15)22-18(14)16;1-6-11-10(14-5-13-6)8-4-7(12)2-3-9(8)15-11/h1-26H;1-11,20H;2-5H,1H3. The molecule has 88 heavy (non-hydrogen) atoms. The molecule has 0 amide bonds. The van der Waals surface area contributed by atoms with Gasteiger partial charge in [-0.05, 0) is 124 Å². The van der Waals surface area contributed by atoms with Gasteiger partial charge in [-0.15, -0.1) is 56.7 Å². The van der Waals surface area contributed by atoms with Crippen LogP contribution in [-0.2, 0) is 0 Å².